The van der Waals surface area contributed by atoms with Crippen molar-refractivity contribution in [2.24, 2.45) is 0 Å². The molecule has 9 heteroatoms. The Morgan fingerprint density at radius 2 is 2.00 bits per heavy atom. The fourth-order valence-corrected chi connectivity index (χ4v) is 2.10. The van der Waals surface area contributed by atoms with Crippen LogP contribution in [0.25, 0.3) is 22.2 Å². The zero-order chi connectivity index (χ0) is 16.6. The summed E-state index contributed by atoms with van der Waals surface area (Å²) in [5, 5.41) is 10.6. The van der Waals surface area contributed by atoms with Gasteiger partial charge in [0.05, 0.1) is 18.4 Å². The molecule has 0 amide bonds. The number of rotatable bonds is 2. The highest BCUT2D eigenvalue weighted by atomic mass is 19.4. The average molecular weight is 322 g/mol. The second-order valence-corrected chi connectivity index (χ2v) is 4.66. The fourth-order valence-electron chi connectivity index (χ4n) is 2.10. The molecule has 0 aliphatic carbocycles. The zero-order valence-electron chi connectivity index (χ0n) is 11.7. The summed E-state index contributed by atoms with van der Waals surface area (Å²) < 4.78 is 42.7. The molecule has 23 heavy (non-hydrogen) atoms. The smallest absolute Gasteiger partial charge is 0.416 e. The number of ether oxygens (including phenoxy) is 1. The molecule has 0 spiro atoms. The maximum absolute atomic E-state index is 12.7. The maximum atomic E-state index is 12.7. The van der Waals surface area contributed by atoms with E-state index in [1.807, 2.05) is 0 Å². The number of nitrogens with zero attached hydrogens (tertiary/aromatic N) is 3. The third-order valence-electron chi connectivity index (χ3n) is 3.23. The Morgan fingerprint density at radius 3 is 2.70 bits per heavy atom. The molecule has 0 aliphatic rings. The normalized spacial score (nSPS) is 11.7. The van der Waals surface area contributed by atoms with Crippen molar-refractivity contribution in [1.82, 2.24) is 20.4 Å². The molecule has 0 unspecified atom stereocenters. The quantitative estimate of drug-likeness (QED) is 0.734. The zero-order valence-corrected chi connectivity index (χ0v) is 11.7. The van der Waals surface area contributed by atoms with Crippen molar-refractivity contribution in [1.29, 1.82) is 0 Å². The highest BCUT2D eigenvalue weighted by Crippen LogP contribution is 2.32. The van der Waals surface area contributed by atoms with Crippen LogP contribution in [0, 0.1) is 0 Å². The van der Waals surface area contributed by atoms with Gasteiger partial charge in [-0.25, -0.2) is 4.79 Å². The number of pyridine rings is 1. The van der Waals surface area contributed by atoms with Gasteiger partial charge in [0.1, 0.15) is 5.69 Å². The highest BCUT2D eigenvalue weighted by molar-refractivity contribution is 5.94. The third-order valence-corrected chi connectivity index (χ3v) is 3.23. The Balaban J connectivity index is 2.08. The van der Waals surface area contributed by atoms with Crippen molar-refractivity contribution >= 4 is 16.7 Å². The molecule has 2 aromatic heterocycles. The first kappa shape index (κ1) is 14.9. The van der Waals surface area contributed by atoms with Crippen LogP contribution in [0.3, 0.4) is 0 Å². The van der Waals surface area contributed by atoms with Gasteiger partial charge in [-0.15, -0.1) is 5.10 Å². The fraction of sp³-hybridized carbons (Fsp3) is 0.143. The van der Waals surface area contributed by atoms with Crippen molar-refractivity contribution in [2.45, 2.75) is 6.18 Å². The van der Waals surface area contributed by atoms with Crippen LogP contribution in [0.1, 0.15) is 16.1 Å². The molecular formula is C14H9F3N4O2. The van der Waals surface area contributed by atoms with Gasteiger partial charge in [-0.3, -0.25) is 10.1 Å². The number of carbonyl (C=O) groups excluding carboxylic acids is 1. The van der Waals surface area contributed by atoms with E-state index in [-0.39, 0.29) is 11.4 Å². The number of hydrogen-bond acceptors (Lipinski definition) is 5. The third kappa shape index (κ3) is 2.72. The Labute approximate surface area is 127 Å². The SMILES string of the molecule is COC(=O)c1[nH]nnc1-c1cc2ccc(C(F)(F)F)cc2cn1. The summed E-state index contributed by atoms with van der Waals surface area (Å²) >= 11 is 0. The number of halogens is 3. The summed E-state index contributed by atoms with van der Waals surface area (Å²) in [5.74, 6) is -0.667. The molecule has 1 N–H and O–H groups in total. The maximum Gasteiger partial charge on any atom is 0.416 e. The molecule has 0 aliphatic heterocycles. The summed E-state index contributed by atoms with van der Waals surface area (Å²) in [6.45, 7) is 0. The van der Waals surface area contributed by atoms with E-state index in [2.05, 4.69) is 25.1 Å². The van der Waals surface area contributed by atoms with Crippen molar-refractivity contribution < 1.29 is 22.7 Å². The predicted molar refractivity (Wildman–Crippen MR) is 73.5 cm³/mol. The van der Waals surface area contributed by atoms with Gasteiger partial charge >= 0.3 is 12.1 Å². The molecule has 3 aromatic rings. The Morgan fingerprint density at radius 1 is 1.22 bits per heavy atom. The minimum absolute atomic E-state index is 0.0197. The number of aromatic amines is 1. The number of benzene rings is 1. The average Bonchev–Trinajstić information content (AvgIpc) is 3.01. The largest absolute Gasteiger partial charge is 0.464 e. The van der Waals surface area contributed by atoms with Crippen LogP contribution in [0.15, 0.2) is 30.5 Å². The van der Waals surface area contributed by atoms with Crippen LogP contribution in [0.5, 0.6) is 0 Å². The summed E-state index contributed by atoms with van der Waals surface area (Å²) in [6.07, 6.45) is -3.13. The van der Waals surface area contributed by atoms with Crippen molar-refractivity contribution in [2.75, 3.05) is 7.11 Å². The molecule has 0 atom stereocenters. The number of hydrogen-bond donors (Lipinski definition) is 1. The second kappa shape index (κ2) is 5.34. The minimum atomic E-state index is -4.42. The molecule has 0 saturated heterocycles. The Kier molecular flexibility index (Phi) is 3.47. The van der Waals surface area contributed by atoms with Crippen molar-refractivity contribution in [3.8, 4) is 11.4 Å². The lowest BCUT2D eigenvalue weighted by Gasteiger charge is -2.08. The van der Waals surface area contributed by atoms with E-state index >= 15 is 0 Å². The van der Waals surface area contributed by atoms with Crippen molar-refractivity contribution in [3.05, 3.63) is 41.7 Å². The van der Waals surface area contributed by atoms with Crippen LogP contribution in [-0.2, 0) is 10.9 Å². The van der Waals surface area contributed by atoms with E-state index in [9.17, 15) is 18.0 Å². The van der Waals surface area contributed by atoms with Gasteiger partial charge in [-0.05, 0) is 23.6 Å². The van der Waals surface area contributed by atoms with Gasteiger partial charge in [0, 0.05) is 11.6 Å². The van der Waals surface area contributed by atoms with Gasteiger partial charge in [0.2, 0.25) is 0 Å². The Bertz CT molecular complexity index is 889. The number of methoxy groups -OCH3 is 1. The first-order valence-corrected chi connectivity index (χ1v) is 6.37. The van der Waals surface area contributed by atoms with Gasteiger partial charge in [-0.2, -0.15) is 13.2 Å². The predicted octanol–water partition coefficient (Wildman–Crippen LogP) is 2.83. The molecule has 118 valence electrons. The van der Waals surface area contributed by atoms with Crippen LogP contribution >= 0.6 is 0 Å². The van der Waals surface area contributed by atoms with Gasteiger partial charge in [-0.1, -0.05) is 11.3 Å². The van der Waals surface area contributed by atoms with E-state index in [1.165, 1.54) is 25.4 Å². The van der Waals surface area contributed by atoms with Crippen molar-refractivity contribution in [3.63, 3.8) is 0 Å². The van der Waals surface area contributed by atoms with E-state index < -0.39 is 17.7 Å². The van der Waals surface area contributed by atoms with E-state index in [0.717, 1.165) is 12.1 Å². The molecule has 0 bridgehead atoms. The lowest BCUT2D eigenvalue weighted by molar-refractivity contribution is -0.137. The molecule has 3 rings (SSSR count). The number of alkyl halides is 3. The first-order chi connectivity index (χ1) is 10.9. The number of fused-ring (bicyclic) bond motifs is 1. The van der Waals surface area contributed by atoms with E-state index in [1.54, 1.807) is 0 Å². The van der Waals surface area contributed by atoms with Gasteiger partial charge in [0.25, 0.3) is 0 Å². The first-order valence-electron chi connectivity index (χ1n) is 6.37. The molecule has 0 radical (unpaired) electrons. The highest BCUT2D eigenvalue weighted by Gasteiger charge is 2.30. The number of nitrogens with one attached hydrogen (secondary N) is 1. The second-order valence-electron chi connectivity index (χ2n) is 4.66. The molecule has 0 fully saturated rings. The molecule has 2 heterocycles. The molecule has 6 nitrogen and oxygen atoms in total. The standard InChI is InChI=1S/C14H9F3N4O2/c1-23-13(22)12-11(19-21-20-12)10-5-7-2-3-9(14(15,16)17)4-8(7)6-18-10/h2-6H,1H3,(H,19,20,21). The topological polar surface area (TPSA) is 80.8 Å². The summed E-state index contributed by atoms with van der Waals surface area (Å²) in [5.41, 5.74) is -0.271. The molecule has 0 saturated carbocycles. The number of H-pyrrole nitrogens is 1. The molecule has 1 aromatic carbocycles. The lowest BCUT2D eigenvalue weighted by Crippen LogP contribution is -2.05. The van der Waals surface area contributed by atoms with Crippen LogP contribution in [0.4, 0.5) is 13.2 Å². The van der Waals surface area contributed by atoms with Gasteiger partial charge < -0.3 is 4.74 Å². The lowest BCUT2D eigenvalue weighted by atomic mass is 10.1. The van der Waals surface area contributed by atoms with Crippen LogP contribution in [0.2, 0.25) is 0 Å². The Hall–Kier alpha value is -2.97. The van der Waals surface area contributed by atoms with E-state index in [4.69, 9.17) is 0 Å². The summed E-state index contributed by atoms with van der Waals surface area (Å²) in [7, 11) is 1.21. The van der Waals surface area contributed by atoms with E-state index in [0.29, 0.717) is 16.5 Å². The number of aromatic nitrogens is 4. The van der Waals surface area contributed by atoms with Gasteiger partial charge in [0.15, 0.2) is 5.69 Å². The number of esters is 1. The molecular weight excluding hydrogens is 313 g/mol. The minimum Gasteiger partial charge on any atom is -0.464 e. The monoisotopic (exact) mass is 322 g/mol. The summed E-state index contributed by atoms with van der Waals surface area (Å²) in [4.78, 5) is 15.7. The van der Waals surface area contributed by atoms with Crippen LogP contribution < -0.4 is 0 Å². The summed E-state index contributed by atoms with van der Waals surface area (Å²) in [6, 6.07) is 4.85. The number of carbonyl (C=O) groups is 1. The van der Waals surface area contributed by atoms with Crippen LogP contribution in [-0.4, -0.2) is 33.5 Å².